The topological polar surface area (TPSA) is 122 Å². The molecule has 0 aromatic heterocycles. The van der Waals surface area contributed by atoms with Crippen LogP contribution >= 0.6 is 23.2 Å². The average Bonchev–Trinajstić information content (AvgIpc) is 3.17. The third-order valence-corrected chi connectivity index (χ3v) is 9.09. The summed E-state index contributed by atoms with van der Waals surface area (Å²) < 4.78 is 11.1. The van der Waals surface area contributed by atoms with Crippen molar-refractivity contribution in [2.75, 3.05) is 21.3 Å². The predicted molar refractivity (Wildman–Crippen MR) is 120 cm³/mol. The van der Waals surface area contributed by atoms with Crippen LogP contribution in [0.4, 0.5) is 0 Å². The Balaban J connectivity index is 1.83. The Morgan fingerprint density at radius 3 is 2.24 bits per heavy atom. The molecule has 6 unspecified atom stereocenters. The molecule has 2 saturated heterocycles. The van der Waals surface area contributed by atoms with E-state index in [4.69, 9.17) is 32.7 Å². The van der Waals surface area contributed by atoms with E-state index in [0.29, 0.717) is 11.1 Å². The zero-order valence-corrected chi connectivity index (χ0v) is 20.1. The number of fused-ring (bicyclic) bond motifs is 4. The Morgan fingerprint density at radius 2 is 1.65 bits per heavy atom. The van der Waals surface area contributed by atoms with Crippen LogP contribution in [0.2, 0.25) is 0 Å². The molecule has 4 aliphatic rings. The first-order chi connectivity index (χ1) is 16.0. The summed E-state index contributed by atoms with van der Waals surface area (Å²) in [6.45, 7) is 0. The van der Waals surface area contributed by atoms with Gasteiger partial charge < -0.3 is 14.6 Å². The maximum absolute atomic E-state index is 13.5. The van der Waals surface area contributed by atoms with Crippen molar-refractivity contribution in [2.24, 2.45) is 17.8 Å². The van der Waals surface area contributed by atoms with Crippen molar-refractivity contribution in [2.45, 2.75) is 28.5 Å². The monoisotopic (exact) mass is 508 g/mol. The lowest BCUT2D eigenvalue weighted by Gasteiger charge is -2.51. The number of likely N-dealkylation sites (tertiary alicyclic amines) is 1. The molecular weight excluding hydrogens is 487 g/mol. The molecule has 0 bridgehead atoms. The summed E-state index contributed by atoms with van der Waals surface area (Å²) >= 11 is 14.2. The van der Waals surface area contributed by atoms with Gasteiger partial charge in [-0.25, -0.2) is 0 Å². The minimum absolute atomic E-state index is 0.0973. The van der Waals surface area contributed by atoms with Crippen LogP contribution in [0.15, 0.2) is 23.8 Å². The molecule has 2 aliphatic heterocycles. The molecule has 1 aromatic carbocycles. The lowest BCUT2D eigenvalue weighted by Crippen LogP contribution is -2.60. The summed E-state index contributed by atoms with van der Waals surface area (Å²) in [5, 5.41) is 12.6. The molecule has 3 fully saturated rings. The second-order valence-corrected chi connectivity index (χ2v) is 10.4. The van der Waals surface area contributed by atoms with Crippen LogP contribution in [-0.2, 0) is 19.2 Å². The molecule has 0 spiro atoms. The second kappa shape index (κ2) is 7.36. The molecular formula is C23H22Cl2N2O7. The van der Waals surface area contributed by atoms with Gasteiger partial charge in [0.05, 0.1) is 26.1 Å². The van der Waals surface area contributed by atoms with Crippen molar-refractivity contribution in [3.05, 3.63) is 29.3 Å². The van der Waals surface area contributed by atoms with Crippen LogP contribution in [-0.4, -0.2) is 64.7 Å². The highest BCUT2D eigenvalue weighted by Crippen LogP contribution is 2.66. The average molecular weight is 509 g/mol. The Labute approximate surface area is 205 Å². The number of carbonyl (C=O) groups excluding carboxylic acids is 4. The maximum atomic E-state index is 13.5. The first-order valence-electron chi connectivity index (χ1n) is 10.7. The van der Waals surface area contributed by atoms with E-state index in [1.807, 2.05) is 0 Å². The number of nitrogens with zero attached hydrogens (tertiary/aromatic N) is 1. The van der Waals surface area contributed by atoms with Crippen LogP contribution in [0.25, 0.3) is 0 Å². The number of rotatable bonds is 3. The quantitative estimate of drug-likeness (QED) is 0.361. The highest BCUT2D eigenvalue weighted by molar-refractivity contribution is 6.53. The summed E-state index contributed by atoms with van der Waals surface area (Å²) in [4.78, 5) is 49.1. The van der Waals surface area contributed by atoms with Gasteiger partial charge in [-0.05, 0) is 18.8 Å². The molecule has 34 heavy (non-hydrogen) atoms. The number of halogens is 2. The molecule has 2 heterocycles. The Bertz CT molecular complexity index is 1170. The van der Waals surface area contributed by atoms with Gasteiger partial charge in [-0.2, -0.15) is 0 Å². The van der Waals surface area contributed by atoms with Gasteiger partial charge in [-0.1, -0.05) is 11.6 Å². The number of allylic oxidation sites excluding steroid dienone is 2. The van der Waals surface area contributed by atoms with Gasteiger partial charge >= 0.3 is 0 Å². The summed E-state index contributed by atoms with van der Waals surface area (Å²) in [6.07, 6.45) is 1.96. The number of carbonyl (C=O) groups is 4. The van der Waals surface area contributed by atoms with Crippen LogP contribution in [0.1, 0.15) is 24.3 Å². The van der Waals surface area contributed by atoms with E-state index in [-0.39, 0.29) is 36.0 Å². The van der Waals surface area contributed by atoms with Gasteiger partial charge in [0.25, 0.3) is 11.8 Å². The summed E-state index contributed by atoms with van der Waals surface area (Å²) in [7, 11) is 4.08. The zero-order valence-electron chi connectivity index (χ0n) is 18.6. The molecule has 6 atom stereocenters. The number of nitrogens with one attached hydrogen (secondary N) is 1. The number of phenolic OH excluding ortho intramolecular Hbond substituents is 1. The zero-order chi connectivity index (χ0) is 24.7. The number of hydrogen-bond donors (Lipinski definition) is 2. The van der Waals surface area contributed by atoms with Crippen molar-refractivity contribution in [3.8, 4) is 17.2 Å². The number of alkyl halides is 2. The van der Waals surface area contributed by atoms with Gasteiger partial charge in [0.2, 0.25) is 11.8 Å². The molecule has 5 rings (SSSR count). The number of phenols is 1. The molecule has 2 aliphatic carbocycles. The number of hydrogen-bond acceptors (Lipinski definition) is 7. The van der Waals surface area contributed by atoms with E-state index in [9.17, 15) is 24.3 Å². The highest BCUT2D eigenvalue weighted by Gasteiger charge is 2.76. The predicted octanol–water partition coefficient (Wildman–Crippen LogP) is 1.69. The number of imide groups is 2. The van der Waals surface area contributed by atoms with Gasteiger partial charge in [-0.3, -0.25) is 29.4 Å². The molecule has 2 N–H and O–H groups in total. The fraction of sp³-hybridized carbons (Fsp3) is 0.478. The number of ether oxygens (including phenoxy) is 2. The van der Waals surface area contributed by atoms with Gasteiger partial charge in [0.1, 0.15) is 17.2 Å². The van der Waals surface area contributed by atoms with E-state index >= 15 is 0 Å². The van der Waals surface area contributed by atoms with Gasteiger partial charge in [0.15, 0.2) is 9.75 Å². The summed E-state index contributed by atoms with van der Waals surface area (Å²) in [5.74, 6) is -5.01. The molecule has 180 valence electrons. The molecule has 1 saturated carbocycles. The van der Waals surface area contributed by atoms with Crippen molar-refractivity contribution in [3.63, 3.8) is 0 Å². The van der Waals surface area contributed by atoms with E-state index < -0.39 is 51.1 Å². The number of aromatic hydroxyl groups is 1. The van der Waals surface area contributed by atoms with Gasteiger partial charge in [-0.15, -0.1) is 23.2 Å². The first-order valence-corrected chi connectivity index (χ1v) is 11.5. The van der Waals surface area contributed by atoms with E-state index in [1.165, 1.54) is 33.4 Å². The van der Waals surface area contributed by atoms with Gasteiger partial charge in [0, 0.05) is 30.7 Å². The Morgan fingerprint density at radius 1 is 1.03 bits per heavy atom. The largest absolute Gasteiger partial charge is 0.508 e. The third kappa shape index (κ3) is 2.62. The molecule has 1 aromatic rings. The summed E-state index contributed by atoms with van der Waals surface area (Å²) in [5.41, 5.74) is 0.925. The molecule has 9 nitrogen and oxygen atoms in total. The Kier molecular flexibility index (Phi) is 4.97. The highest BCUT2D eigenvalue weighted by atomic mass is 35.5. The van der Waals surface area contributed by atoms with Crippen molar-refractivity contribution in [1.82, 2.24) is 10.2 Å². The van der Waals surface area contributed by atoms with Crippen molar-refractivity contribution >= 4 is 46.8 Å². The first kappa shape index (κ1) is 23.0. The van der Waals surface area contributed by atoms with E-state index in [1.54, 1.807) is 6.08 Å². The third-order valence-electron chi connectivity index (χ3n) is 7.67. The minimum atomic E-state index is -1.97. The standard InChI is InChI=1S/C23H22Cl2N2O7/c1-27-20(31)22(24)8-12-10(4-5-11-15(12)19(30)26-18(11)29)17(23(22,25)21(27)32)16-13(33-2)6-9(28)7-14(16)34-3/h4,6-7,11-12,15,17,28H,5,8H2,1-3H3,(H,26,29,30). The summed E-state index contributed by atoms with van der Waals surface area (Å²) in [6, 6.07) is 2.70. The minimum Gasteiger partial charge on any atom is -0.508 e. The van der Waals surface area contributed by atoms with Crippen LogP contribution in [0.5, 0.6) is 17.2 Å². The smallest absolute Gasteiger partial charge is 0.253 e. The van der Waals surface area contributed by atoms with Crippen molar-refractivity contribution < 1.29 is 33.8 Å². The normalized spacial score (nSPS) is 36.5. The Hall–Kier alpha value is -2.78. The number of amides is 4. The molecule has 4 amide bonds. The molecule has 0 radical (unpaired) electrons. The fourth-order valence-electron chi connectivity index (χ4n) is 6.18. The lowest BCUT2D eigenvalue weighted by atomic mass is 9.56. The van der Waals surface area contributed by atoms with Crippen molar-refractivity contribution in [1.29, 1.82) is 0 Å². The van der Waals surface area contributed by atoms with Crippen LogP contribution < -0.4 is 14.8 Å². The fourth-order valence-corrected chi connectivity index (χ4v) is 7.18. The van der Waals surface area contributed by atoms with E-state index in [0.717, 1.165) is 4.90 Å². The molecule has 11 heteroatoms. The SMILES string of the molecule is COc1cc(O)cc(OC)c1C1C2=CCC3C(=O)NC(=O)C3C2CC2(Cl)C(=O)N(C)C(=O)C12Cl. The lowest BCUT2D eigenvalue weighted by molar-refractivity contribution is -0.138. The van der Waals surface area contributed by atoms with E-state index in [2.05, 4.69) is 5.32 Å². The number of benzene rings is 1. The van der Waals surface area contributed by atoms with Crippen LogP contribution in [0.3, 0.4) is 0 Å². The van der Waals surface area contributed by atoms with Crippen LogP contribution in [0, 0.1) is 17.8 Å². The second-order valence-electron chi connectivity index (χ2n) is 9.12. The number of methoxy groups -OCH3 is 2. The maximum Gasteiger partial charge on any atom is 0.253 e.